The molecule has 1 atom stereocenters. The number of likely N-dealkylation sites (N-methyl/N-ethyl adjacent to an activating group) is 1. The summed E-state index contributed by atoms with van der Waals surface area (Å²) in [6.45, 7) is 2.10. The molecule has 8 nitrogen and oxygen atoms in total. The molecule has 8 heteroatoms. The Labute approximate surface area is 180 Å². The molecule has 1 aliphatic rings. The number of amides is 2. The third kappa shape index (κ3) is 4.92. The van der Waals surface area contributed by atoms with Crippen molar-refractivity contribution in [3.05, 3.63) is 78.1 Å². The van der Waals surface area contributed by atoms with Gasteiger partial charge in [-0.15, -0.1) is 0 Å². The van der Waals surface area contributed by atoms with E-state index in [1.54, 1.807) is 36.6 Å². The second-order valence-corrected chi connectivity index (χ2v) is 7.58. The number of aryl methyl sites for hydroxylation is 1. The molecule has 3 aromatic rings. The predicted molar refractivity (Wildman–Crippen MR) is 115 cm³/mol. The van der Waals surface area contributed by atoms with Gasteiger partial charge in [-0.05, 0) is 50.4 Å². The normalized spacial score (nSPS) is 15.9. The number of furan rings is 2. The molecule has 0 saturated carbocycles. The average molecular weight is 420 g/mol. The van der Waals surface area contributed by atoms with Crippen molar-refractivity contribution in [2.45, 2.75) is 19.4 Å². The van der Waals surface area contributed by atoms with Crippen LogP contribution in [0.1, 0.15) is 29.5 Å². The summed E-state index contributed by atoms with van der Waals surface area (Å²) in [5.41, 5.74) is 2.52. The van der Waals surface area contributed by atoms with Gasteiger partial charge < -0.3 is 14.2 Å². The molecule has 2 aromatic heterocycles. The first kappa shape index (κ1) is 20.6. The topological polar surface area (TPSA) is 91.3 Å². The van der Waals surface area contributed by atoms with Crippen LogP contribution in [0.3, 0.4) is 0 Å². The lowest BCUT2D eigenvalue weighted by atomic mass is 10.1. The molecule has 0 fully saturated rings. The molecule has 0 aliphatic carbocycles. The molecule has 3 heterocycles. The SMILES string of the molecule is Cc1ccc(NC(=O)CN(C)CC(=O)N2N=C(c3ccco3)CC2c2ccco2)cc1. The van der Waals surface area contributed by atoms with E-state index in [-0.39, 0.29) is 30.9 Å². The number of carbonyl (C=O) groups excluding carboxylic acids is 2. The van der Waals surface area contributed by atoms with Gasteiger partial charge in [0, 0.05) is 12.1 Å². The first-order chi connectivity index (χ1) is 15.0. The van der Waals surface area contributed by atoms with Gasteiger partial charge in [-0.1, -0.05) is 17.7 Å². The lowest BCUT2D eigenvalue weighted by Crippen LogP contribution is -2.39. The van der Waals surface area contributed by atoms with E-state index in [4.69, 9.17) is 8.83 Å². The minimum Gasteiger partial charge on any atom is -0.467 e. The van der Waals surface area contributed by atoms with Crippen molar-refractivity contribution in [2.24, 2.45) is 5.10 Å². The Hall–Kier alpha value is -3.65. The Morgan fingerprint density at radius 1 is 1.10 bits per heavy atom. The van der Waals surface area contributed by atoms with Crippen molar-refractivity contribution in [2.75, 3.05) is 25.5 Å². The van der Waals surface area contributed by atoms with Crippen LogP contribution in [0, 0.1) is 6.92 Å². The fourth-order valence-corrected chi connectivity index (χ4v) is 3.48. The smallest absolute Gasteiger partial charge is 0.257 e. The average Bonchev–Trinajstić information content (AvgIpc) is 3.49. The zero-order chi connectivity index (χ0) is 21.8. The first-order valence-corrected chi connectivity index (χ1v) is 10.0. The number of benzene rings is 1. The molecule has 0 radical (unpaired) electrons. The Balaban J connectivity index is 1.40. The van der Waals surface area contributed by atoms with Crippen molar-refractivity contribution in [1.29, 1.82) is 0 Å². The second-order valence-electron chi connectivity index (χ2n) is 7.58. The van der Waals surface area contributed by atoms with Gasteiger partial charge in [-0.25, -0.2) is 5.01 Å². The summed E-state index contributed by atoms with van der Waals surface area (Å²) in [4.78, 5) is 27.0. The molecular weight excluding hydrogens is 396 g/mol. The monoisotopic (exact) mass is 420 g/mol. The van der Waals surface area contributed by atoms with E-state index in [0.717, 1.165) is 11.3 Å². The molecule has 31 heavy (non-hydrogen) atoms. The van der Waals surface area contributed by atoms with Crippen LogP contribution < -0.4 is 5.32 Å². The van der Waals surface area contributed by atoms with E-state index in [1.165, 1.54) is 5.01 Å². The van der Waals surface area contributed by atoms with Gasteiger partial charge in [0.25, 0.3) is 5.91 Å². The van der Waals surface area contributed by atoms with Crippen LogP contribution in [-0.2, 0) is 9.59 Å². The van der Waals surface area contributed by atoms with Gasteiger partial charge in [-0.2, -0.15) is 5.10 Å². The largest absolute Gasteiger partial charge is 0.467 e. The van der Waals surface area contributed by atoms with E-state index >= 15 is 0 Å². The van der Waals surface area contributed by atoms with E-state index in [1.807, 2.05) is 43.3 Å². The fraction of sp³-hybridized carbons (Fsp3) is 0.261. The lowest BCUT2D eigenvalue weighted by molar-refractivity contribution is -0.134. The molecule has 0 saturated heterocycles. The zero-order valence-electron chi connectivity index (χ0n) is 17.4. The summed E-state index contributed by atoms with van der Waals surface area (Å²) in [7, 11) is 1.72. The minimum absolute atomic E-state index is 0.0352. The fourth-order valence-electron chi connectivity index (χ4n) is 3.48. The molecule has 160 valence electrons. The number of rotatable bonds is 7. The number of nitrogens with zero attached hydrogens (tertiary/aromatic N) is 3. The maximum Gasteiger partial charge on any atom is 0.257 e. The molecule has 4 rings (SSSR count). The molecule has 0 spiro atoms. The summed E-state index contributed by atoms with van der Waals surface area (Å²) in [5, 5.41) is 8.76. The minimum atomic E-state index is -0.350. The highest BCUT2D eigenvalue weighted by molar-refractivity contribution is 6.01. The molecule has 1 unspecified atom stereocenters. The number of nitrogens with one attached hydrogen (secondary N) is 1. The summed E-state index contributed by atoms with van der Waals surface area (Å²) in [5.74, 6) is 0.854. The van der Waals surface area contributed by atoms with Crippen molar-refractivity contribution < 1.29 is 18.4 Å². The number of hydrazone groups is 1. The van der Waals surface area contributed by atoms with Gasteiger partial charge in [0.05, 0.1) is 25.6 Å². The Morgan fingerprint density at radius 2 is 1.84 bits per heavy atom. The van der Waals surface area contributed by atoms with Crippen molar-refractivity contribution in [3.8, 4) is 0 Å². The highest BCUT2D eigenvalue weighted by Crippen LogP contribution is 2.33. The number of carbonyl (C=O) groups is 2. The van der Waals surface area contributed by atoms with Crippen LogP contribution in [0.4, 0.5) is 5.69 Å². The predicted octanol–water partition coefficient (Wildman–Crippen LogP) is 3.43. The highest BCUT2D eigenvalue weighted by Gasteiger charge is 2.36. The van der Waals surface area contributed by atoms with Gasteiger partial charge in [0.15, 0.2) is 0 Å². The highest BCUT2D eigenvalue weighted by atomic mass is 16.3. The van der Waals surface area contributed by atoms with Gasteiger partial charge >= 0.3 is 0 Å². The first-order valence-electron chi connectivity index (χ1n) is 10.0. The lowest BCUT2D eigenvalue weighted by Gasteiger charge is -2.23. The van der Waals surface area contributed by atoms with Crippen LogP contribution in [0.2, 0.25) is 0 Å². The number of hydrogen-bond donors (Lipinski definition) is 1. The van der Waals surface area contributed by atoms with E-state index in [0.29, 0.717) is 23.7 Å². The van der Waals surface area contributed by atoms with Crippen LogP contribution in [0.25, 0.3) is 0 Å². The van der Waals surface area contributed by atoms with Crippen LogP contribution in [0.5, 0.6) is 0 Å². The van der Waals surface area contributed by atoms with Gasteiger partial charge in [0.1, 0.15) is 23.3 Å². The van der Waals surface area contributed by atoms with Crippen molar-refractivity contribution in [3.63, 3.8) is 0 Å². The molecule has 1 aliphatic heterocycles. The molecule has 1 aromatic carbocycles. The van der Waals surface area contributed by atoms with Gasteiger partial charge in [-0.3, -0.25) is 14.5 Å². The van der Waals surface area contributed by atoms with Gasteiger partial charge in [0.2, 0.25) is 5.91 Å². The van der Waals surface area contributed by atoms with Crippen molar-refractivity contribution in [1.82, 2.24) is 9.91 Å². The summed E-state index contributed by atoms with van der Waals surface area (Å²) >= 11 is 0. The Morgan fingerprint density at radius 3 is 2.52 bits per heavy atom. The van der Waals surface area contributed by atoms with E-state index in [9.17, 15) is 9.59 Å². The summed E-state index contributed by atoms with van der Waals surface area (Å²) in [6.07, 6.45) is 3.64. The van der Waals surface area contributed by atoms with E-state index in [2.05, 4.69) is 10.4 Å². The third-order valence-corrected chi connectivity index (χ3v) is 5.00. The summed E-state index contributed by atoms with van der Waals surface area (Å²) < 4.78 is 11.0. The molecule has 0 bridgehead atoms. The standard InChI is InChI=1S/C23H24N4O4/c1-16-7-9-17(10-8-16)24-22(28)14-26(2)15-23(29)27-19(21-6-4-12-31-21)13-18(25-27)20-5-3-11-30-20/h3-12,19H,13-15H2,1-2H3,(H,24,28). The van der Waals surface area contributed by atoms with Crippen LogP contribution in [0.15, 0.2) is 75.0 Å². The maximum atomic E-state index is 13.0. The third-order valence-electron chi connectivity index (χ3n) is 5.00. The summed E-state index contributed by atoms with van der Waals surface area (Å²) in [6, 6.07) is 14.4. The Kier molecular flexibility index (Phi) is 5.99. The van der Waals surface area contributed by atoms with E-state index < -0.39 is 0 Å². The Bertz CT molecular complexity index is 1060. The van der Waals surface area contributed by atoms with Crippen LogP contribution >= 0.6 is 0 Å². The number of hydrogen-bond acceptors (Lipinski definition) is 6. The second kappa shape index (κ2) is 9.01. The maximum absolute atomic E-state index is 13.0. The van der Waals surface area contributed by atoms with Crippen molar-refractivity contribution >= 4 is 23.2 Å². The molecular formula is C23H24N4O4. The number of anilines is 1. The molecule has 2 amide bonds. The van der Waals surface area contributed by atoms with Crippen LogP contribution in [-0.4, -0.2) is 47.6 Å². The quantitative estimate of drug-likeness (QED) is 0.632. The molecule has 1 N–H and O–H groups in total. The zero-order valence-corrected chi connectivity index (χ0v) is 17.4.